The average molecular weight is 409 g/mol. The molecule has 4 fully saturated rings. The van der Waals surface area contributed by atoms with Crippen LogP contribution in [0.1, 0.15) is 42.7 Å². The van der Waals surface area contributed by atoms with E-state index in [2.05, 4.69) is 15.2 Å². The highest BCUT2D eigenvalue weighted by Crippen LogP contribution is 2.51. The SMILES string of the molecule is O=C(c1ncn[nH]1)N1CCC2(CCOC[C@H]2C(=O)N2C[C@@H]3C[C@H]2CC3(F)F)CC1. The zero-order chi connectivity index (χ0) is 20.2. The van der Waals surface area contributed by atoms with Crippen LogP contribution in [0.4, 0.5) is 8.78 Å². The van der Waals surface area contributed by atoms with Crippen LogP contribution in [-0.4, -0.2) is 81.6 Å². The number of aromatic nitrogens is 3. The number of piperidine rings is 2. The van der Waals surface area contributed by atoms with Crippen LogP contribution in [0.15, 0.2) is 6.33 Å². The van der Waals surface area contributed by atoms with E-state index in [1.165, 1.54) is 6.33 Å². The number of nitrogens with zero attached hydrogens (tertiary/aromatic N) is 4. The van der Waals surface area contributed by atoms with Crippen molar-refractivity contribution in [1.29, 1.82) is 0 Å². The average Bonchev–Trinajstić information content (AvgIpc) is 3.43. The van der Waals surface area contributed by atoms with Crippen molar-refractivity contribution in [3.63, 3.8) is 0 Å². The molecule has 2 bridgehead atoms. The number of hydrogen-bond acceptors (Lipinski definition) is 5. The zero-order valence-corrected chi connectivity index (χ0v) is 16.1. The molecule has 158 valence electrons. The molecule has 5 rings (SSSR count). The lowest BCUT2D eigenvalue weighted by molar-refractivity contribution is -0.158. The van der Waals surface area contributed by atoms with Crippen molar-refractivity contribution >= 4 is 11.8 Å². The number of H-pyrrole nitrogens is 1. The fraction of sp³-hybridized carbons (Fsp3) is 0.789. The molecule has 8 nitrogen and oxygen atoms in total. The molecule has 1 saturated carbocycles. The summed E-state index contributed by atoms with van der Waals surface area (Å²) in [6.07, 6.45) is 3.64. The van der Waals surface area contributed by atoms with Crippen LogP contribution in [0.5, 0.6) is 0 Å². The molecule has 0 radical (unpaired) electrons. The minimum Gasteiger partial charge on any atom is -0.381 e. The van der Waals surface area contributed by atoms with Crippen LogP contribution in [0.2, 0.25) is 0 Å². The Morgan fingerprint density at radius 1 is 1.24 bits per heavy atom. The van der Waals surface area contributed by atoms with Crippen LogP contribution in [0.25, 0.3) is 0 Å². The minimum atomic E-state index is -2.64. The Labute approximate surface area is 167 Å². The van der Waals surface area contributed by atoms with E-state index in [-0.39, 0.29) is 48.0 Å². The topological polar surface area (TPSA) is 91.4 Å². The highest BCUT2D eigenvalue weighted by molar-refractivity contribution is 5.90. The molecule has 3 atom stereocenters. The third kappa shape index (κ3) is 3.03. The van der Waals surface area contributed by atoms with Crippen LogP contribution in [0.3, 0.4) is 0 Å². The van der Waals surface area contributed by atoms with Crippen molar-refractivity contribution in [3.8, 4) is 0 Å². The molecule has 3 aliphatic heterocycles. The number of hydrogen-bond donors (Lipinski definition) is 1. The van der Waals surface area contributed by atoms with Crippen molar-refractivity contribution in [2.24, 2.45) is 17.3 Å². The van der Waals surface area contributed by atoms with Gasteiger partial charge >= 0.3 is 0 Å². The molecule has 1 aromatic heterocycles. The molecule has 0 aromatic carbocycles. The molecule has 29 heavy (non-hydrogen) atoms. The first-order valence-corrected chi connectivity index (χ1v) is 10.3. The lowest BCUT2D eigenvalue weighted by Gasteiger charge is -2.49. The summed E-state index contributed by atoms with van der Waals surface area (Å²) >= 11 is 0. The number of nitrogens with one attached hydrogen (secondary N) is 1. The Kier molecular flexibility index (Phi) is 4.38. The molecule has 1 N–H and O–H groups in total. The zero-order valence-electron chi connectivity index (χ0n) is 16.1. The van der Waals surface area contributed by atoms with Crippen LogP contribution >= 0.6 is 0 Å². The number of rotatable bonds is 2. The largest absolute Gasteiger partial charge is 0.381 e. The van der Waals surface area contributed by atoms with E-state index in [4.69, 9.17) is 4.74 Å². The fourth-order valence-corrected chi connectivity index (χ4v) is 5.74. The van der Waals surface area contributed by atoms with Crippen molar-refractivity contribution in [2.75, 3.05) is 32.8 Å². The normalized spacial score (nSPS) is 32.7. The van der Waals surface area contributed by atoms with Gasteiger partial charge in [0.1, 0.15) is 6.33 Å². The molecule has 2 amide bonds. The summed E-state index contributed by atoms with van der Waals surface area (Å²) in [7, 11) is 0. The van der Waals surface area contributed by atoms with E-state index in [1.807, 2.05) is 0 Å². The number of halogens is 2. The van der Waals surface area contributed by atoms with Crippen molar-refractivity contribution < 1.29 is 23.1 Å². The number of fused-ring (bicyclic) bond motifs is 2. The number of carbonyl (C=O) groups is 2. The second kappa shape index (κ2) is 6.72. The summed E-state index contributed by atoms with van der Waals surface area (Å²) < 4.78 is 33.4. The Morgan fingerprint density at radius 2 is 2.03 bits per heavy atom. The molecule has 1 aliphatic carbocycles. The van der Waals surface area contributed by atoms with E-state index < -0.39 is 11.8 Å². The number of ether oxygens (including phenoxy) is 1. The molecular weight excluding hydrogens is 384 g/mol. The van der Waals surface area contributed by atoms with Crippen molar-refractivity contribution in [2.45, 2.75) is 44.1 Å². The van der Waals surface area contributed by atoms with E-state index in [0.717, 1.165) is 6.42 Å². The third-order valence-corrected chi connectivity index (χ3v) is 7.53. The monoisotopic (exact) mass is 409 g/mol. The van der Waals surface area contributed by atoms with Gasteiger partial charge in [0.25, 0.3) is 11.8 Å². The Morgan fingerprint density at radius 3 is 2.66 bits per heavy atom. The fourth-order valence-electron chi connectivity index (χ4n) is 5.74. The smallest absolute Gasteiger partial charge is 0.291 e. The molecule has 10 heteroatoms. The molecule has 3 saturated heterocycles. The van der Waals surface area contributed by atoms with Crippen molar-refractivity contribution in [3.05, 3.63) is 12.2 Å². The molecule has 1 spiro atoms. The Balaban J connectivity index is 1.29. The quantitative estimate of drug-likeness (QED) is 0.796. The lowest BCUT2D eigenvalue weighted by atomic mass is 9.65. The predicted octanol–water partition coefficient (Wildman–Crippen LogP) is 1.32. The van der Waals surface area contributed by atoms with E-state index >= 15 is 0 Å². The second-order valence-corrected chi connectivity index (χ2v) is 8.91. The van der Waals surface area contributed by atoms with Gasteiger partial charge in [-0.1, -0.05) is 0 Å². The Bertz CT molecular complexity index is 794. The number of carbonyl (C=O) groups excluding carboxylic acids is 2. The van der Waals surface area contributed by atoms with Gasteiger partial charge in [0.15, 0.2) is 0 Å². The first-order valence-electron chi connectivity index (χ1n) is 10.3. The predicted molar refractivity (Wildman–Crippen MR) is 96.1 cm³/mol. The maximum atomic E-state index is 13.9. The maximum Gasteiger partial charge on any atom is 0.291 e. The minimum absolute atomic E-state index is 0.0392. The number of likely N-dealkylation sites (tertiary alicyclic amines) is 2. The van der Waals surface area contributed by atoms with Gasteiger partial charge in [-0.15, -0.1) is 0 Å². The van der Waals surface area contributed by atoms with Gasteiger partial charge in [0, 0.05) is 44.6 Å². The van der Waals surface area contributed by atoms with Gasteiger partial charge in [-0.25, -0.2) is 13.8 Å². The summed E-state index contributed by atoms with van der Waals surface area (Å²) in [4.78, 5) is 33.3. The highest BCUT2D eigenvalue weighted by atomic mass is 19.3. The highest BCUT2D eigenvalue weighted by Gasteiger charge is 2.59. The summed E-state index contributed by atoms with van der Waals surface area (Å²) in [6.45, 7) is 2.14. The first-order chi connectivity index (χ1) is 13.9. The summed E-state index contributed by atoms with van der Waals surface area (Å²) in [5.41, 5.74) is -0.238. The van der Waals surface area contributed by atoms with Gasteiger partial charge < -0.3 is 14.5 Å². The molecule has 4 aliphatic rings. The molecule has 0 unspecified atom stereocenters. The van der Waals surface area contributed by atoms with Gasteiger partial charge in [-0.3, -0.25) is 14.7 Å². The molecule has 4 heterocycles. The maximum absolute atomic E-state index is 13.9. The van der Waals surface area contributed by atoms with Crippen LogP contribution in [-0.2, 0) is 9.53 Å². The molecular formula is C19H25F2N5O3. The van der Waals surface area contributed by atoms with E-state index in [1.54, 1.807) is 9.80 Å². The number of amides is 2. The van der Waals surface area contributed by atoms with Crippen molar-refractivity contribution in [1.82, 2.24) is 25.0 Å². The van der Waals surface area contributed by atoms with Gasteiger partial charge in [0.2, 0.25) is 11.7 Å². The van der Waals surface area contributed by atoms with Crippen LogP contribution < -0.4 is 0 Å². The van der Waals surface area contributed by atoms with E-state index in [0.29, 0.717) is 45.6 Å². The van der Waals surface area contributed by atoms with Gasteiger partial charge in [-0.2, -0.15) is 5.10 Å². The third-order valence-electron chi connectivity index (χ3n) is 7.53. The number of alkyl halides is 2. The Hall–Kier alpha value is -2.10. The first kappa shape index (κ1) is 18.9. The number of aromatic amines is 1. The molecule has 1 aromatic rings. The van der Waals surface area contributed by atoms with Crippen LogP contribution in [0, 0.1) is 17.3 Å². The van der Waals surface area contributed by atoms with Gasteiger partial charge in [0.05, 0.1) is 12.5 Å². The van der Waals surface area contributed by atoms with Gasteiger partial charge in [-0.05, 0) is 31.1 Å². The summed E-state index contributed by atoms with van der Waals surface area (Å²) in [6, 6.07) is -0.352. The second-order valence-electron chi connectivity index (χ2n) is 8.91. The van der Waals surface area contributed by atoms with E-state index in [9.17, 15) is 18.4 Å². The lowest BCUT2D eigenvalue weighted by Crippen LogP contribution is -2.56. The summed E-state index contributed by atoms with van der Waals surface area (Å²) in [5, 5.41) is 6.32. The summed E-state index contributed by atoms with van der Waals surface area (Å²) in [5.74, 6) is -3.69. The standard InChI is InChI=1S/C19H25F2N5O3/c20-19(21)8-13-7-12(19)9-26(13)16(27)14-10-29-6-3-18(14)1-4-25(5-2-18)17(28)15-22-11-23-24-15/h11-14H,1-10H2,(H,22,23,24)/t12-,13-,14-/m0/s1.